The van der Waals surface area contributed by atoms with Gasteiger partial charge in [0.25, 0.3) is 11.8 Å². The molecule has 0 fully saturated rings. The average molecular weight is 257 g/mol. The largest absolute Gasteiger partial charge is 0.323 e. The Bertz CT molecular complexity index is 555. The first-order valence-corrected chi connectivity index (χ1v) is 6.00. The first-order valence-electron chi connectivity index (χ1n) is 6.00. The van der Waals surface area contributed by atoms with E-state index in [4.69, 9.17) is 5.84 Å². The quantitative estimate of drug-likeness (QED) is 0.385. The molecule has 0 saturated heterocycles. The second kappa shape index (κ2) is 5.06. The molecule has 2 N–H and O–H groups in total. The lowest BCUT2D eigenvalue weighted by atomic mass is 10.1. The normalized spacial score (nSPS) is 14.8. The minimum atomic E-state index is -0.314. The SMILES string of the molecule is C=C(CC)/C(CN1C(=O)c2ccccc2C1=O)=N\N. The number of carbonyl (C=O) groups is 2. The number of fused-ring (bicyclic) bond motifs is 1. The minimum absolute atomic E-state index is 0.0650. The number of amides is 2. The number of nitrogens with two attached hydrogens (primary N) is 1. The molecule has 0 spiro atoms. The highest BCUT2D eigenvalue weighted by Gasteiger charge is 2.35. The molecule has 1 aliphatic heterocycles. The smallest absolute Gasteiger partial charge is 0.261 e. The van der Waals surface area contributed by atoms with Crippen LogP contribution >= 0.6 is 0 Å². The summed E-state index contributed by atoms with van der Waals surface area (Å²) in [6.45, 7) is 5.80. The van der Waals surface area contributed by atoms with Gasteiger partial charge in [0.2, 0.25) is 0 Å². The van der Waals surface area contributed by atoms with Crippen LogP contribution in [0.1, 0.15) is 34.1 Å². The van der Waals surface area contributed by atoms with Gasteiger partial charge in [0.1, 0.15) is 0 Å². The molecule has 5 nitrogen and oxygen atoms in total. The molecule has 0 atom stereocenters. The molecule has 0 bridgehead atoms. The summed E-state index contributed by atoms with van der Waals surface area (Å²) in [6, 6.07) is 6.75. The molecule has 0 unspecified atom stereocenters. The first-order chi connectivity index (χ1) is 9.10. The van der Waals surface area contributed by atoms with E-state index in [1.54, 1.807) is 24.3 Å². The zero-order chi connectivity index (χ0) is 14.0. The zero-order valence-electron chi connectivity index (χ0n) is 10.7. The third-order valence-electron chi connectivity index (χ3n) is 3.18. The lowest BCUT2D eigenvalue weighted by Gasteiger charge is -2.15. The number of hydrogen-bond donors (Lipinski definition) is 1. The predicted molar refractivity (Wildman–Crippen MR) is 72.9 cm³/mol. The van der Waals surface area contributed by atoms with Crippen molar-refractivity contribution in [1.29, 1.82) is 0 Å². The number of rotatable bonds is 4. The van der Waals surface area contributed by atoms with Gasteiger partial charge in [-0.05, 0) is 24.1 Å². The lowest BCUT2D eigenvalue weighted by Crippen LogP contribution is -2.35. The molecule has 0 radical (unpaired) electrons. The fourth-order valence-electron chi connectivity index (χ4n) is 1.98. The van der Waals surface area contributed by atoms with Crippen molar-refractivity contribution in [3.63, 3.8) is 0 Å². The monoisotopic (exact) mass is 257 g/mol. The second-order valence-electron chi connectivity index (χ2n) is 4.27. The van der Waals surface area contributed by atoms with Gasteiger partial charge in [-0.25, -0.2) is 0 Å². The molecule has 1 aliphatic rings. The molecular formula is C14H15N3O2. The van der Waals surface area contributed by atoms with E-state index in [0.29, 0.717) is 23.3 Å². The molecule has 5 heteroatoms. The molecular weight excluding hydrogens is 242 g/mol. The third kappa shape index (κ3) is 2.14. The van der Waals surface area contributed by atoms with Gasteiger partial charge in [-0.2, -0.15) is 5.10 Å². The van der Waals surface area contributed by atoms with Crippen molar-refractivity contribution >= 4 is 17.5 Å². The van der Waals surface area contributed by atoms with Crippen LogP contribution in [0, 0.1) is 0 Å². The van der Waals surface area contributed by atoms with Crippen LogP contribution < -0.4 is 5.84 Å². The Balaban J connectivity index is 2.28. The Morgan fingerprint density at radius 2 is 1.79 bits per heavy atom. The van der Waals surface area contributed by atoms with Crippen LogP contribution in [-0.4, -0.2) is 29.0 Å². The van der Waals surface area contributed by atoms with Crippen LogP contribution in [0.2, 0.25) is 0 Å². The Labute approximate surface area is 111 Å². The van der Waals surface area contributed by atoms with Crippen LogP contribution in [-0.2, 0) is 0 Å². The Morgan fingerprint density at radius 1 is 1.26 bits per heavy atom. The maximum atomic E-state index is 12.1. The summed E-state index contributed by atoms with van der Waals surface area (Å²) in [5, 5.41) is 3.62. The molecule has 1 aromatic rings. The summed E-state index contributed by atoms with van der Waals surface area (Å²) in [6.07, 6.45) is 0.666. The summed E-state index contributed by atoms with van der Waals surface area (Å²) in [4.78, 5) is 25.4. The van der Waals surface area contributed by atoms with Crippen LogP contribution in [0.25, 0.3) is 0 Å². The van der Waals surface area contributed by atoms with Crippen LogP contribution in [0.5, 0.6) is 0 Å². The van der Waals surface area contributed by atoms with Gasteiger partial charge in [0.05, 0.1) is 23.4 Å². The molecule has 2 amide bonds. The molecule has 0 aromatic heterocycles. The minimum Gasteiger partial charge on any atom is -0.323 e. The number of hydrogen-bond acceptors (Lipinski definition) is 4. The maximum Gasteiger partial charge on any atom is 0.261 e. The maximum absolute atomic E-state index is 12.1. The van der Waals surface area contributed by atoms with E-state index in [1.165, 1.54) is 0 Å². The molecule has 19 heavy (non-hydrogen) atoms. The Kier molecular flexibility index (Phi) is 3.46. The molecule has 1 heterocycles. The van der Waals surface area contributed by atoms with Gasteiger partial charge in [0, 0.05) is 0 Å². The van der Waals surface area contributed by atoms with Crippen molar-refractivity contribution in [3.8, 4) is 0 Å². The highest BCUT2D eigenvalue weighted by Crippen LogP contribution is 2.22. The van der Waals surface area contributed by atoms with Gasteiger partial charge in [0.15, 0.2) is 0 Å². The highest BCUT2D eigenvalue weighted by atomic mass is 16.2. The summed E-state index contributed by atoms with van der Waals surface area (Å²) in [5.41, 5.74) is 2.04. The number of hydrazone groups is 1. The summed E-state index contributed by atoms with van der Waals surface area (Å²) >= 11 is 0. The average Bonchev–Trinajstić information content (AvgIpc) is 2.68. The highest BCUT2D eigenvalue weighted by molar-refractivity contribution is 6.23. The van der Waals surface area contributed by atoms with Crippen molar-refractivity contribution in [1.82, 2.24) is 4.90 Å². The standard InChI is InChI=1S/C14H15N3O2/c1-3-9(2)12(16-15)8-17-13(18)10-6-4-5-7-11(10)14(17)19/h4-7H,2-3,8,15H2,1H3/b16-12-. The van der Waals surface area contributed by atoms with Crippen molar-refractivity contribution in [2.45, 2.75) is 13.3 Å². The van der Waals surface area contributed by atoms with E-state index in [0.717, 1.165) is 10.5 Å². The molecule has 2 rings (SSSR count). The Hall–Kier alpha value is -2.43. The fourth-order valence-corrected chi connectivity index (χ4v) is 1.98. The Morgan fingerprint density at radius 3 is 2.21 bits per heavy atom. The van der Waals surface area contributed by atoms with Gasteiger partial charge in [-0.15, -0.1) is 0 Å². The molecule has 98 valence electrons. The molecule has 1 aromatic carbocycles. The number of nitrogens with zero attached hydrogens (tertiary/aromatic N) is 2. The van der Waals surface area contributed by atoms with E-state index in [-0.39, 0.29) is 18.4 Å². The number of benzene rings is 1. The van der Waals surface area contributed by atoms with Crippen molar-refractivity contribution in [3.05, 3.63) is 47.5 Å². The lowest BCUT2D eigenvalue weighted by molar-refractivity contribution is 0.0677. The van der Waals surface area contributed by atoms with Gasteiger partial charge in [-0.1, -0.05) is 25.6 Å². The van der Waals surface area contributed by atoms with Gasteiger partial charge >= 0.3 is 0 Å². The van der Waals surface area contributed by atoms with Crippen LogP contribution in [0.4, 0.5) is 0 Å². The first kappa shape index (κ1) is 13.0. The number of imide groups is 1. The summed E-state index contributed by atoms with van der Waals surface area (Å²) < 4.78 is 0. The summed E-state index contributed by atoms with van der Waals surface area (Å²) in [7, 11) is 0. The van der Waals surface area contributed by atoms with Crippen LogP contribution in [0.3, 0.4) is 0 Å². The molecule has 0 saturated carbocycles. The van der Waals surface area contributed by atoms with Crippen molar-refractivity contribution < 1.29 is 9.59 Å². The van der Waals surface area contributed by atoms with Gasteiger partial charge in [-0.3, -0.25) is 14.5 Å². The zero-order valence-corrected chi connectivity index (χ0v) is 10.7. The van der Waals surface area contributed by atoms with E-state index in [1.807, 2.05) is 6.92 Å². The van der Waals surface area contributed by atoms with Crippen LogP contribution in [0.15, 0.2) is 41.5 Å². The molecule has 0 aliphatic carbocycles. The topological polar surface area (TPSA) is 75.8 Å². The van der Waals surface area contributed by atoms with Crippen molar-refractivity contribution in [2.75, 3.05) is 6.54 Å². The van der Waals surface area contributed by atoms with Crippen molar-refractivity contribution in [2.24, 2.45) is 10.9 Å². The van der Waals surface area contributed by atoms with E-state index in [9.17, 15) is 9.59 Å². The second-order valence-corrected chi connectivity index (χ2v) is 4.27. The van der Waals surface area contributed by atoms with E-state index >= 15 is 0 Å². The third-order valence-corrected chi connectivity index (χ3v) is 3.18. The van der Waals surface area contributed by atoms with E-state index < -0.39 is 0 Å². The van der Waals surface area contributed by atoms with E-state index in [2.05, 4.69) is 11.7 Å². The summed E-state index contributed by atoms with van der Waals surface area (Å²) in [5.74, 6) is 4.67. The predicted octanol–water partition coefficient (Wildman–Crippen LogP) is 1.56. The fraction of sp³-hybridized carbons (Fsp3) is 0.214. The number of carbonyl (C=O) groups excluding carboxylic acids is 2. The van der Waals surface area contributed by atoms with Gasteiger partial charge < -0.3 is 5.84 Å².